The van der Waals surface area contributed by atoms with Gasteiger partial charge in [-0.2, -0.15) is 0 Å². The molecule has 0 heterocycles. The van der Waals surface area contributed by atoms with E-state index in [9.17, 15) is 9.18 Å². The van der Waals surface area contributed by atoms with Gasteiger partial charge in [0.2, 0.25) is 5.91 Å². The molecule has 1 rings (SSSR count). The van der Waals surface area contributed by atoms with Gasteiger partial charge in [-0.15, -0.1) is 0 Å². The molecule has 4 heteroatoms. The summed E-state index contributed by atoms with van der Waals surface area (Å²) in [6.07, 6.45) is 1.07. The molecule has 0 bridgehead atoms. The molecular weight excluding hydrogens is 209 g/mol. The molecule has 1 aromatic carbocycles. The van der Waals surface area contributed by atoms with E-state index < -0.39 is 5.82 Å². The number of nitrogens with one attached hydrogen (secondary N) is 1. The molecule has 0 aliphatic heterocycles. The van der Waals surface area contributed by atoms with E-state index in [-0.39, 0.29) is 12.0 Å². The fourth-order valence-electron chi connectivity index (χ4n) is 1.17. The third-order valence-corrected chi connectivity index (χ3v) is 1.70. The number of ether oxygens (including phenoxy) is 1. The highest BCUT2D eigenvalue weighted by Gasteiger charge is 2.05. The van der Waals surface area contributed by atoms with Crippen molar-refractivity contribution in [2.45, 2.75) is 20.0 Å². The van der Waals surface area contributed by atoms with Crippen molar-refractivity contribution in [3.8, 4) is 5.75 Å². The maximum Gasteiger partial charge on any atom is 0.247 e. The molecule has 86 valence electrons. The lowest BCUT2D eigenvalue weighted by atomic mass is 10.3. The van der Waals surface area contributed by atoms with E-state index in [1.165, 1.54) is 12.1 Å². The first kappa shape index (κ1) is 12.2. The van der Waals surface area contributed by atoms with Crippen LogP contribution in [0.25, 0.3) is 0 Å². The van der Waals surface area contributed by atoms with E-state index in [2.05, 4.69) is 11.9 Å². The Bertz CT molecular complexity index is 402. The number of amides is 1. The van der Waals surface area contributed by atoms with Crippen molar-refractivity contribution < 1.29 is 13.9 Å². The summed E-state index contributed by atoms with van der Waals surface area (Å²) in [4.78, 5) is 11.0. The van der Waals surface area contributed by atoms with Crippen LogP contribution in [0.5, 0.6) is 5.75 Å². The second-order valence-corrected chi connectivity index (χ2v) is 3.54. The molecule has 16 heavy (non-hydrogen) atoms. The van der Waals surface area contributed by atoms with Gasteiger partial charge in [0.15, 0.2) is 0 Å². The third kappa shape index (κ3) is 3.73. The van der Waals surface area contributed by atoms with Gasteiger partial charge in [0.1, 0.15) is 11.6 Å². The van der Waals surface area contributed by atoms with Crippen LogP contribution in [0.2, 0.25) is 0 Å². The zero-order valence-corrected chi connectivity index (χ0v) is 9.29. The summed E-state index contributed by atoms with van der Waals surface area (Å²) >= 11 is 0. The molecule has 0 saturated carbocycles. The number of hydrogen-bond donors (Lipinski definition) is 1. The van der Waals surface area contributed by atoms with Gasteiger partial charge in [-0.05, 0) is 26.0 Å². The maximum atomic E-state index is 13.2. The lowest BCUT2D eigenvalue weighted by molar-refractivity contribution is -0.111. The van der Waals surface area contributed by atoms with Crippen molar-refractivity contribution >= 4 is 11.6 Å². The number of benzene rings is 1. The van der Waals surface area contributed by atoms with Crippen LogP contribution in [0.1, 0.15) is 13.8 Å². The van der Waals surface area contributed by atoms with Gasteiger partial charge in [-0.3, -0.25) is 4.79 Å². The molecule has 0 aromatic heterocycles. The number of halogens is 1. The maximum absolute atomic E-state index is 13.2. The molecule has 1 N–H and O–H groups in total. The van der Waals surface area contributed by atoms with Gasteiger partial charge >= 0.3 is 0 Å². The van der Waals surface area contributed by atoms with Crippen LogP contribution in [0.3, 0.4) is 0 Å². The second kappa shape index (κ2) is 5.30. The molecule has 0 atom stereocenters. The smallest absolute Gasteiger partial charge is 0.247 e. The fraction of sp³-hybridized carbons (Fsp3) is 0.250. The first-order valence-corrected chi connectivity index (χ1v) is 4.92. The highest BCUT2D eigenvalue weighted by molar-refractivity contribution is 5.98. The van der Waals surface area contributed by atoms with E-state index in [0.29, 0.717) is 11.4 Å². The van der Waals surface area contributed by atoms with Crippen LogP contribution >= 0.6 is 0 Å². The SMILES string of the molecule is C=CC(=O)Nc1cc(F)cc(OC(C)C)c1. The summed E-state index contributed by atoms with van der Waals surface area (Å²) in [5, 5.41) is 2.47. The number of carbonyl (C=O) groups is 1. The Kier molecular flexibility index (Phi) is 4.05. The summed E-state index contributed by atoms with van der Waals surface area (Å²) in [6.45, 7) is 6.99. The highest BCUT2D eigenvalue weighted by atomic mass is 19.1. The van der Waals surface area contributed by atoms with Crippen molar-refractivity contribution in [2.75, 3.05) is 5.32 Å². The van der Waals surface area contributed by atoms with Crippen LogP contribution in [0, 0.1) is 5.82 Å². The fourth-order valence-corrected chi connectivity index (χ4v) is 1.17. The Morgan fingerprint density at radius 1 is 1.50 bits per heavy atom. The molecule has 0 radical (unpaired) electrons. The minimum Gasteiger partial charge on any atom is -0.491 e. The first-order chi connectivity index (χ1) is 7.51. The molecule has 3 nitrogen and oxygen atoms in total. The van der Waals surface area contributed by atoms with Gasteiger partial charge in [-0.25, -0.2) is 4.39 Å². The summed E-state index contributed by atoms with van der Waals surface area (Å²) in [6, 6.07) is 4.04. The van der Waals surface area contributed by atoms with Gasteiger partial charge in [0.25, 0.3) is 0 Å². The molecule has 0 aliphatic rings. The molecular formula is C12H14FNO2. The average molecular weight is 223 g/mol. The summed E-state index contributed by atoms with van der Waals surface area (Å²) in [5.74, 6) is -0.465. The molecule has 0 saturated heterocycles. The van der Waals surface area contributed by atoms with E-state index in [1.54, 1.807) is 6.07 Å². The standard InChI is InChI=1S/C12H14FNO2/c1-4-12(15)14-10-5-9(13)6-11(7-10)16-8(2)3/h4-8H,1H2,2-3H3,(H,14,15). The lowest BCUT2D eigenvalue weighted by Crippen LogP contribution is -2.09. The zero-order valence-electron chi connectivity index (χ0n) is 9.29. The Morgan fingerprint density at radius 3 is 2.75 bits per heavy atom. The first-order valence-electron chi connectivity index (χ1n) is 4.92. The van der Waals surface area contributed by atoms with Gasteiger partial charge in [0, 0.05) is 17.8 Å². The average Bonchev–Trinajstić information content (AvgIpc) is 2.15. The molecule has 0 unspecified atom stereocenters. The minimum absolute atomic E-state index is 0.0512. The molecule has 0 aliphatic carbocycles. The monoisotopic (exact) mass is 223 g/mol. The van der Waals surface area contributed by atoms with E-state index in [4.69, 9.17) is 4.74 Å². The van der Waals surface area contributed by atoms with E-state index in [0.717, 1.165) is 6.08 Å². The van der Waals surface area contributed by atoms with Crippen LogP contribution < -0.4 is 10.1 Å². The highest BCUT2D eigenvalue weighted by Crippen LogP contribution is 2.21. The number of carbonyl (C=O) groups excluding carboxylic acids is 1. The van der Waals surface area contributed by atoms with E-state index >= 15 is 0 Å². The summed E-state index contributed by atoms with van der Waals surface area (Å²) < 4.78 is 18.5. The topological polar surface area (TPSA) is 38.3 Å². The van der Waals surface area contributed by atoms with Crippen LogP contribution in [0.15, 0.2) is 30.9 Å². The molecule has 0 fully saturated rings. The van der Waals surface area contributed by atoms with Crippen molar-refractivity contribution in [3.05, 3.63) is 36.7 Å². The summed E-state index contributed by atoms with van der Waals surface area (Å²) in [7, 11) is 0. The summed E-state index contributed by atoms with van der Waals surface area (Å²) in [5.41, 5.74) is 0.348. The Morgan fingerprint density at radius 2 is 2.19 bits per heavy atom. The van der Waals surface area contributed by atoms with Crippen molar-refractivity contribution in [1.29, 1.82) is 0 Å². The van der Waals surface area contributed by atoms with Crippen molar-refractivity contribution in [1.82, 2.24) is 0 Å². The van der Waals surface area contributed by atoms with Crippen LogP contribution in [0.4, 0.5) is 10.1 Å². The van der Waals surface area contributed by atoms with Crippen LogP contribution in [-0.4, -0.2) is 12.0 Å². The zero-order chi connectivity index (χ0) is 12.1. The second-order valence-electron chi connectivity index (χ2n) is 3.54. The Labute approximate surface area is 93.9 Å². The molecule has 1 aromatic rings. The number of anilines is 1. The largest absolute Gasteiger partial charge is 0.491 e. The van der Waals surface area contributed by atoms with Crippen LogP contribution in [-0.2, 0) is 4.79 Å². The van der Waals surface area contributed by atoms with E-state index in [1.807, 2.05) is 13.8 Å². The minimum atomic E-state index is -0.461. The third-order valence-electron chi connectivity index (χ3n) is 1.70. The van der Waals surface area contributed by atoms with Crippen molar-refractivity contribution in [2.24, 2.45) is 0 Å². The number of rotatable bonds is 4. The van der Waals surface area contributed by atoms with Gasteiger partial charge in [-0.1, -0.05) is 6.58 Å². The molecule has 0 spiro atoms. The predicted octanol–water partition coefficient (Wildman–Crippen LogP) is 2.74. The lowest BCUT2D eigenvalue weighted by Gasteiger charge is -2.11. The quantitative estimate of drug-likeness (QED) is 0.797. The Balaban J connectivity index is 2.89. The number of hydrogen-bond acceptors (Lipinski definition) is 2. The van der Waals surface area contributed by atoms with Gasteiger partial charge < -0.3 is 10.1 Å². The molecule has 1 amide bonds. The normalized spacial score (nSPS) is 10.0. The predicted molar refractivity (Wildman–Crippen MR) is 61.0 cm³/mol. The van der Waals surface area contributed by atoms with Crippen molar-refractivity contribution in [3.63, 3.8) is 0 Å². The Hall–Kier alpha value is -1.84. The van der Waals surface area contributed by atoms with Gasteiger partial charge in [0.05, 0.1) is 6.10 Å².